The second-order valence-corrected chi connectivity index (χ2v) is 10.2. The van der Waals surface area contributed by atoms with E-state index in [-0.39, 0.29) is 9.79 Å². The second-order valence-electron chi connectivity index (χ2n) is 6.15. The van der Waals surface area contributed by atoms with Gasteiger partial charge in [0.25, 0.3) is 10.0 Å². The molecule has 0 aromatic heterocycles. The van der Waals surface area contributed by atoms with E-state index in [9.17, 15) is 16.8 Å². The summed E-state index contributed by atoms with van der Waals surface area (Å²) in [5.74, 6) is 0. The highest BCUT2D eigenvalue weighted by Gasteiger charge is 2.27. The third-order valence-electron chi connectivity index (χ3n) is 4.27. The van der Waals surface area contributed by atoms with Crippen LogP contribution in [0.2, 0.25) is 5.02 Å². The molecule has 1 heterocycles. The SMILES string of the molecule is Cc1cc(Cl)ccc1NS(=O)(=O)c1ccc(S(=O)(=O)N2CCCC2)cc1. The molecule has 9 heteroatoms. The largest absolute Gasteiger partial charge is 0.279 e. The predicted octanol–water partition coefficient (Wildman–Crippen LogP) is 3.23. The number of hydrogen-bond donors (Lipinski definition) is 1. The number of aryl methyl sites for hydroxylation is 1. The van der Waals surface area contributed by atoms with Crippen molar-refractivity contribution >= 4 is 37.3 Å². The fourth-order valence-electron chi connectivity index (χ4n) is 2.81. The van der Waals surface area contributed by atoms with E-state index >= 15 is 0 Å². The molecule has 2 aromatic carbocycles. The van der Waals surface area contributed by atoms with Crippen LogP contribution in [0.25, 0.3) is 0 Å². The van der Waals surface area contributed by atoms with Crippen LogP contribution in [0.5, 0.6) is 0 Å². The Hall–Kier alpha value is -1.61. The Labute approximate surface area is 158 Å². The Balaban J connectivity index is 1.85. The van der Waals surface area contributed by atoms with E-state index in [2.05, 4.69) is 4.72 Å². The molecular weight excluding hydrogens is 396 g/mol. The van der Waals surface area contributed by atoms with E-state index in [0.717, 1.165) is 12.8 Å². The third-order valence-corrected chi connectivity index (χ3v) is 7.80. The van der Waals surface area contributed by atoms with E-state index in [1.165, 1.54) is 28.6 Å². The first-order valence-corrected chi connectivity index (χ1v) is 11.4. The van der Waals surface area contributed by atoms with Gasteiger partial charge in [-0.3, -0.25) is 4.72 Å². The standard InChI is InChI=1S/C17H19ClN2O4S2/c1-13-12-14(18)4-9-17(13)19-25(21,22)15-5-7-16(8-6-15)26(23,24)20-10-2-3-11-20/h4-9,12,19H,2-3,10-11H2,1H3. The molecular formula is C17H19ClN2O4S2. The molecule has 0 bridgehead atoms. The Kier molecular flexibility index (Phi) is 5.30. The summed E-state index contributed by atoms with van der Waals surface area (Å²) in [6.45, 7) is 2.75. The van der Waals surface area contributed by atoms with Crippen molar-refractivity contribution in [3.8, 4) is 0 Å². The van der Waals surface area contributed by atoms with Gasteiger partial charge >= 0.3 is 0 Å². The van der Waals surface area contributed by atoms with Gasteiger partial charge in [0.05, 0.1) is 15.5 Å². The lowest BCUT2D eigenvalue weighted by Gasteiger charge is -2.16. The molecule has 1 N–H and O–H groups in total. The van der Waals surface area contributed by atoms with Crippen LogP contribution >= 0.6 is 11.6 Å². The monoisotopic (exact) mass is 414 g/mol. The van der Waals surface area contributed by atoms with Gasteiger partial charge in [-0.25, -0.2) is 16.8 Å². The average molecular weight is 415 g/mol. The van der Waals surface area contributed by atoms with E-state index in [1.807, 2.05) is 0 Å². The molecule has 6 nitrogen and oxygen atoms in total. The molecule has 0 saturated carbocycles. The number of halogens is 1. The van der Waals surface area contributed by atoms with Crippen LogP contribution in [0.15, 0.2) is 52.3 Å². The zero-order valence-corrected chi connectivity index (χ0v) is 16.5. The van der Waals surface area contributed by atoms with Crippen molar-refractivity contribution in [2.45, 2.75) is 29.6 Å². The highest BCUT2D eigenvalue weighted by atomic mass is 35.5. The first kappa shape index (κ1) is 19.2. The number of nitrogens with zero attached hydrogens (tertiary/aromatic N) is 1. The molecule has 0 atom stereocenters. The van der Waals surface area contributed by atoms with Crippen LogP contribution in [0.4, 0.5) is 5.69 Å². The minimum absolute atomic E-state index is 0.00720. The minimum Gasteiger partial charge on any atom is -0.279 e. The summed E-state index contributed by atoms with van der Waals surface area (Å²) in [7, 11) is -7.40. The van der Waals surface area contributed by atoms with Gasteiger partial charge in [0.15, 0.2) is 0 Å². The van der Waals surface area contributed by atoms with Crippen molar-refractivity contribution in [3.05, 3.63) is 53.1 Å². The van der Waals surface area contributed by atoms with Crippen molar-refractivity contribution < 1.29 is 16.8 Å². The highest BCUT2D eigenvalue weighted by Crippen LogP contribution is 2.25. The lowest BCUT2D eigenvalue weighted by atomic mass is 10.2. The zero-order valence-electron chi connectivity index (χ0n) is 14.1. The summed E-state index contributed by atoms with van der Waals surface area (Å²) in [6.07, 6.45) is 1.69. The highest BCUT2D eigenvalue weighted by molar-refractivity contribution is 7.92. The van der Waals surface area contributed by atoms with E-state index in [0.29, 0.717) is 29.4 Å². The summed E-state index contributed by atoms with van der Waals surface area (Å²) in [6, 6.07) is 10.1. The van der Waals surface area contributed by atoms with Crippen LogP contribution in [0.3, 0.4) is 0 Å². The summed E-state index contributed by atoms with van der Waals surface area (Å²) >= 11 is 5.88. The van der Waals surface area contributed by atoms with Crippen LogP contribution in [-0.4, -0.2) is 34.2 Å². The fraction of sp³-hybridized carbons (Fsp3) is 0.294. The summed E-state index contributed by atoms with van der Waals surface area (Å²) in [5.41, 5.74) is 1.11. The van der Waals surface area contributed by atoms with Gasteiger partial charge in [0, 0.05) is 18.1 Å². The number of benzene rings is 2. The third kappa shape index (κ3) is 3.88. The molecule has 1 saturated heterocycles. The molecule has 2 aromatic rings. The first-order valence-electron chi connectivity index (χ1n) is 8.09. The van der Waals surface area contributed by atoms with E-state index in [1.54, 1.807) is 25.1 Å². The lowest BCUT2D eigenvalue weighted by molar-refractivity contribution is 0.477. The van der Waals surface area contributed by atoms with Crippen molar-refractivity contribution in [1.29, 1.82) is 0 Å². The number of nitrogens with one attached hydrogen (secondary N) is 1. The van der Waals surface area contributed by atoms with Gasteiger partial charge in [-0.2, -0.15) is 4.31 Å². The molecule has 0 amide bonds. The summed E-state index contributed by atoms with van der Waals surface area (Å²) < 4.78 is 54.0. The number of hydrogen-bond acceptors (Lipinski definition) is 4. The molecule has 26 heavy (non-hydrogen) atoms. The summed E-state index contributed by atoms with van der Waals surface area (Å²) in [4.78, 5) is 0.0910. The zero-order chi connectivity index (χ0) is 18.9. The van der Waals surface area contributed by atoms with Gasteiger partial charge in [0.1, 0.15) is 0 Å². The molecule has 1 aliphatic rings. The lowest BCUT2D eigenvalue weighted by Crippen LogP contribution is -2.27. The van der Waals surface area contributed by atoms with Crippen molar-refractivity contribution in [2.75, 3.05) is 17.8 Å². The number of rotatable bonds is 5. The van der Waals surface area contributed by atoms with Crippen molar-refractivity contribution in [1.82, 2.24) is 4.31 Å². The maximum Gasteiger partial charge on any atom is 0.261 e. The predicted molar refractivity (Wildman–Crippen MR) is 101 cm³/mol. The van der Waals surface area contributed by atoms with Crippen LogP contribution < -0.4 is 4.72 Å². The van der Waals surface area contributed by atoms with Gasteiger partial charge in [-0.15, -0.1) is 0 Å². The van der Waals surface area contributed by atoms with Crippen LogP contribution in [0.1, 0.15) is 18.4 Å². The molecule has 1 fully saturated rings. The molecule has 0 aliphatic carbocycles. The molecule has 0 radical (unpaired) electrons. The Morgan fingerprint density at radius 2 is 1.50 bits per heavy atom. The number of sulfonamides is 2. The van der Waals surface area contributed by atoms with Gasteiger partial charge in [-0.05, 0) is 67.8 Å². The first-order chi connectivity index (χ1) is 12.2. The topological polar surface area (TPSA) is 83.5 Å². The van der Waals surface area contributed by atoms with Crippen molar-refractivity contribution in [2.24, 2.45) is 0 Å². The summed E-state index contributed by atoms with van der Waals surface area (Å²) in [5, 5.41) is 0.516. The maximum atomic E-state index is 12.6. The quantitative estimate of drug-likeness (QED) is 0.814. The molecule has 140 valence electrons. The Morgan fingerprint density at radius 3 is 2.08 bits per heavy atom. The second kappa shape index (κ2) is 7.19. The fourth-order valence-corrected chi connectivity index (χ4v) is 5.69. The van der Waals surface area contributed by atoms with Gasteiger partial charge < -0.3 is 0 Å². The van der Waals surface area contributed by atoms with Crippen LogP contribution in [-0.2, 0) is 20.0 Å². The Morgan fingerprint density at radius 1 is 0.923 bits per heavy atom. The molecule has 3 rings (SSSR count). The van der Waals surface area contributed by atoms with Crippen LogP contribution in [0, 0.1) is 6.92 Å². The minimum atomic E-state index is -3.83. The van der Waals surface area contributed by atoms with Crippen molar-refractivity contribution in [3.63, 3.8) is 0 Å². The molecule has 1 aliphatic heterocycles. The number of anilines is 1. The maximum absolute atomic E-state index is 12.6. The smallest absolute Gasteiger partial charge is 0.261 e. The molecule has 0 spiro atoms. The van der Waals surface area contributed by atoms with E-state index in [4.69, 9.17) is 11.6 Å². The molecule has 0 unspecified atom stereocenters. The van der Waals surface area contributed by atoms with E-state index < -0.39 is 20.0 Å². The average Bonchev–Trinajstić information content (AvgIpc) is 3.13. The normalized spacial score (nSPS) is 15.9. The van der Waals surface area contributed by atoms with Gasteiger partial charge in [0.2, 0.25) is 10.0 Å². The Bertz CT molecular complexity index is 1010. The van der Waals surface area contributed by atoms with Gasteiger partial charge in [-0.1, -0.05) is 11.6 Å².